The number of hydrogen-bond acceptors (Lipinski definition) is 8. The summed E-state index contributed by atoms with van der Waals surface area (Å²) in [4.78, 5) is 38.4. The Morgan fingerprint density at radius 2 is 1.66 bits per heavy atom. The van der Waals surface area contributed by atoms with Gasteiger partial charge in [0.25, 0.3) is 0 Å². The summed E-state index contributed by atoms with van der Waals surface area (Å²) in [7, 11) is 0. The van der Waals surface area contributed by atoms with Gasteiger partial charge in [0.15, 0.2) is 5.78 Å². The van der Waals surface area contributed by atoms with Gasteiger partial charge < -0.3 is 23.7 Å². The van der Waals surface area contributed by atoms with Crippen molar-refractivity contribution in [3.8, 4) is 0 Å². The molecular formula is C30H40O8. The van der Waals surface area contributed by atoms with Gasteiger partial charge in [-0.25, -0.2) is 0 Å². The monoisotopic (exact) mass is 528 g/mol. The van der Waals surface area contributed by atoms with Crippen LogP contribution in [0.3, 0.4) is 0 Å². The third-order valence-electron chi connectivity index (χ3n) is 12.1. The first-order valence-electron chi connectivity index (χ1n) is 13.9. The molecule has 1 spiro atoms. The molecule has 6 rings (SSSR count). The van der Waals surface area contributed by atoms with Crippen molar-refractivity contribution >= 4 is 17.7 Å². The highest BCUT2D eigenvalue weighted by Crippen LogP contribution is 2.82. The maximum atomic E-state index is 13.9. The lowest BCUT2D eigenvalue weighted by molar-refractivity contribution is -0.287. The lowest BCUT2D eigenvalue weighted by atomic mass is 9.35. The Morgan fingerprint density at radius 3 is 2.26 bits per heavy atom. The molecule has 0 amide bonds. The Morgan fingerprint density at radius 1 is 1.00 bits per heavy atom. The van der Waals surface area contributed by atoms with Gasteiger partial charge in [0, 0.05) is 47.5 Å². The molecule has 5 fully saturated rings. The zero-order chi connectivity index (χ0) is 27.6. The SMILES string of the molecule is CC(=O)O[C@H]1C[C@H](O)[C@@]2(C)[C@@H](C[C@@H](OC(C)=O)[C@@]3(C)[C@H]2CC[C@]2(C)[C@H](c4ccoc4)C(=O)[C@H]4O[C@@]432)C1(C)C. The number of carbonyl (C=O) groups excluding carboxylic acids is 3. The average molecular weight is 529 g/mol. The predicted molar refractivity (Wildman–Crippen MR) is 135 cm³/mol. The number of esters is 2. The largest absolute Gasteiger partial charge is 0.472 e. The van der Waals surface area contributed by atoms with Gasteiger partial charge in [-0.3, -0.25) is 14.4 Å². The molecule has 4 aliphatic carbocycles. The van der Waals surface area contributed by atoms with Crippen LogP contribution in [-0.4, -0.2) is 52.8 Å². The standard InChI is InChI=1S/C30H40O8/c1-15(31)36-21-13-20(33)28(6)18-8-10-27(5)23(17-9-11-35-14-17)24(34)25-30(27,38-25)29(18,7)22(37-16(2)32)12-19(28)26(21,3)4/h9,11,14,18-23,25,33H,8,10,12-13H2,1-7H3/t18-,19-,20-,21-,22+,23+,25+,27+,28+,29+,30+/m0/s1. The van der Waals surface area contributed by atoms with Crippen LogP contribution in [0.25, 0.3) is 0 Å². The van der Waals surface area contributed by atoms with Crippen molar-refractivity contribution in [3.05, 3.63) is 24.2 Å². The Balaban J connectivity index is 1.50. The normalized spacial score (nSPS) is 50.2. The summed E-state index contributed by atoms with van der Waals surface area (Å²) in [5.41, 5.74) is -2.20. The van der Waals surface area contributed by atoms with Crippen molar-refractivity contribution in [2.24, 2.45) is 33.5 Å². The van der Waals surface area contributed by atoms with Gasteiger partial charge in [-0.05, 0) is 37.2 Å². The number of fused-ring (bicyclic) bond motifs is 3. The van der Waals surface area contributed by atoms with Gasteiger partial charge >= 0.3 is 11.9 Å². The third kappa shape index (κ3) is 2.81. The van der Waals surface area contributed by atoms with Crippen LogP contribution in [0.4, 0.5) is 0 Å². The van der Waals surface area contributed by atoms with E-state index in [1.54, 1.807) is 12.5 Å². The molecule has 1 aromatic heterocycles. The van der Waals surface area contributed by atoms with Crippen molar-refractivity contribution in [1.82, 2.24) is 0 Å². The van der Waals surface area contributed by atoms with E-state index in [0.717, 1.165) is 18.4 Å². The van der Waals surface area contributed by atoms with Crippen LogP contribution in [0.2, 0.25) is 0 Å². The second-order valence-corrected chi connectivity index (χ2v) is 13.8. The predicted octanol–water partition coefficient (Wildman–Crippen LogP) is 4.19. The number of furan rings is 1. The summed E-state index contributed by atoms with van der Waals surface area (Å²) < 4.78 is 23.8. The topological polar surface area (TPSA) is 116 Å². The van der Waals surface area contributed by atoms with Crippen LogP contribution >= 0.6 is 0 Å². The average Bonchev–Trinajstić information content (AvgIpc) is 3.30. The van der Waals surface area contributed by atoms with Crippen LogP contribution < -0.4 is 0 Å². The molecule has 2 heterocycles. The number of Topliss-reactive ketones (excluding diaryl/α,β-unsaturated/α-hetero) is 1. The molecule has 11 atom stereocenters. The summed E-state index contributed by atoms with van der Waals surface area (Å²) in [6, 6.07) is 1.87. The molecule has 1 aliphatic heterocycles. The molecule has 5 aliphatic rings. The van der Waals surface area contributed by atoms with E-state index < -0.39 is 51.7 Å². The molecule has 8 nitrogen and oxygen atoms in total. The lowest BCUT2D eigenvalue weighted by Gasteiger charge is -2.70. The molecule has 1 saturated heterocycles. The first-order valence-corrected chi connectivity index (χ1v) is 13.9. The van der Waals surface area contributed by atoms with Gasteiger partial charge in [0.1, 0.15) is 23.9 Å². The van der Waals surface area contributed by atoms with Crippen molar-refractivity contribution < 1.29 is 38.1 Å². The molecule has 1 N–H and O–H groups in total. The minimum Gasteiger partial charge on any atom is -0.472 e. The van der Waals surface area contributed by atoms with Gasteiger partial charge in [0.2, 0.25) is 0 Å². The van der Waals surface area contributed by atoms with Crippen LogP contribution in [0, 0.1) is 33.5 Å². The van der Waals surface area contributed by atoms with Crippen LogP contribution in [-0.2, 0) is 28.6 Å². The highest BCUT2D eigenvalue weighted by molar-refractivity contribution is 5.98. The Labute approximate surface area is 223 Å². The Hall–Kier alpha value is -2.19. The fraction of sp³-hybridized carbons (Fsp3) is 0.767. The quantitative estimate of drug-likeness (QED) is 0.459. The lowest BCUT2D eigenvalue weighted by Crippen LogP contribution is -2.73. The van der Waals surface area contributed by atoms with Crippen molar-refractivity contribution in [3.63, 3.8) is 0 Å². The van der Waals surface area contributed by atoms with E-state index in [2.05, 4.69) is 34.6 Å². The molecule has 0 bridgehead atoms. The van der Waals surface area contributed by atoms with E-state index in [9.17, 15) is 19.5 Å². The second-order valence-electron chi connectivity index (χ2n) is 13.8. The van der Waals surface area contributed by atoms with Crippen molar-refractivity contribution in [1.29, 1.82) is 0 Å². The Kier molecular flexibility index (Phi) is 5.29. The third-order valence-corrected chi connectivity index (χ3v) is 12.1. The summed E-state index contributed by atoms with van der Waals surface area (Å²) in [6.45, 7) is 13.4. The first kappa shape index (κ1) is 26.1. The number of aliphatic hydroxyl groups is 1. The molecule has 38 heavy (non-hydrogen) atoms. The number of ether oxygens (including phenoxy) is 3. The van der Waals surface area contributed by atoms with E-state index in [1.807, 2.05) is 6.07 Å². The molecule has 8 heteroatoms. The highest BCUT2D eigenvalue weighted by Gasteiger charge is 2.90. The van der Waals surface area contributed by atoms with Gasteiger partial charge in [0.05, 0.1) is 24.5 Å². The summed E-state index contributed by atoms with van der Waals surface area (Å²) in [5.74, 6) is -1.22. The molecule has 208 valence electrons. The van der Waals surface area contributed by atoms with Gasteiger partial charge in [-0.1, -0.05) is 34.6 Å². The summed E-state index contributed by atoms with van der Waals surface area (Å²) >= 11 is 0. The minimum atomic E-state index is -0.813. The number of aliphatic hydroxyl groups excluding tert-OH is 1. The van der Waals surface area contributed by atoms with Crippen molar-refractivity contribution in [2.75, 3.05) is 0 Å². The summed E-state index contributed by atoms with van der Waals surface area (Å²) in [5, 5.41) is 11.8. The number of epoxide rings is 1. The fourth-order valence-corrected chi connectivity index (χ4v) is 10.6. The summed E-state index contributed by atoms with van der Waals surface area (Å²) in [6.07, 6.45) is 3.29. The van der Waals surface area contributed by atoms with E-state index in [0.29, 0.717) is 12.8 Å². The van der Waals surface area contributed by atoms with Gasteiger partial charge in [-0.2, -0.15) is 0 Å². The van der Waals surface area contributed by atoms with Crippen molar-refractivity contribution in [2.45, 2.75) is 110 Å². The van der Waals surface area contributed by atoms with E-state index in [1.165, 1.54) is 13.8 Å². The second kappa shape index (κ2) is 7.72. The zero-order valence-corrected chi connectivity index (χ0v) is 23.4. The number of rotatable bonds is 3. The van der Waals surface area contributed by atoms with Crippen LogP contribution in [0.15, 0.2) is 23.0 Å². The fourth-order valence-electron chi connectivity index (χ4n) is 10.6. The van der Waals surface area contributed by atoms with E-state index in [-0.39, 0.29) is 35.5 Å². The maximum absolute atomic E-state index is 13.9. The number of hydrogen-bond donors (Lipinski definition) is 1. The molecule has 1 aromatic rings. The highest BCUT2D eigenvalue weighted by atomic mass is 16.6. The maximum Gasteiger partial charge on any atom is 0.302 e. The Bertz CT molecular complexity index is 1190. The zero-order valence-electron chi connectivity index (χ0n) is 23.4. The number of carbonyl (C=O) groups is 3. The molecule has 0 aromatic carbocycles. The first-order chi connectivity index (χ1) is 17.7. The van der Waals surface area contributed by atoms with Crippen LogP contribution in [0.5, 0.6) is 0 Å². The number of ketones is 1. The molecule has 0 radical (unpaired) electrons. The molecular weight excluding hydrogens is 488 g/mol. The smallest absolute Gasteiger partial charge is 0.302 e. The van der Waals surface area contributed by atoms with E-state index in [4.69, 9.17) is 18.6 Å². The van der Waals surface area contributed by atoms with Gasteiger partial charge in [-0.15, -0.1) is 0 Å². The molecule has 4 saturated carbocycles. The minimum absolute atomic E-state index is 0.0593. The van der Waals surface area contributed by atoms with Crippen LogP contribution in [0.1, 0.15) is 85.6 Å². The van der Waals surface area contributed by atoms with E-state index >= 15 is 0 Å². The molecule has 0 unspecified atom stereocenters.